The Morgan fingerprint density at radius 1 is 1.12 bits per heavy atom. The highest BCUT2D eigenvalue weighted by Gasteiger charge is 2.16. The smallest absolute Gasteiger partial charge is 0.356 e. The van der Waals surface area contributed by atoms with Gasteiger partial charge in [-0.1, -0.05) is 47.5 Å². The number of carbonyl (C=O) groups is 1. The van der Waals surface area contributed by atoms with Crippen LogP contribution < -0.4 is 5.32 Å². The summed E-state index contributed by atoms with van der Waals surface area (Å²) in [5.74, 6) is -0.405. The standard InChI is InChI=1S/C22H19ClN2O2.C4H9NO/c1-3-27-22(26)19-11-17-16-6-4-5-7-20(16)25(21(17)12-24-19)13-15-10-14(2)8-9-18(15)23;1-3-6-4-2-5-1/h4-12H,3,13H2,1-2H3;5H,1-4H2. The molecule has 2 aromatic heterocycles. The van der Waals surface area contributed by atoms with Gasteiger partial charge in [0.25, 0.3) is 0 Å². The summed E-state index contributed by atoms with van der Waals surface area (Å²) in [6, 6.07) is 16.0. The molecule has 0 atom stereocenters. The molecule has 0 bridgehead atoms. The van der Waals surface area contributed by atoms with Crippen LogP contribution in [-0.2, 0) is 16.0 Å². The minimum Gasteiger partial charge on any atom is -0.461 e. The van der Waals surface area contributed by atoms with Crippen molar-refractivity contribution in [1.82, 2.24) is 14.9 Å². The third kappa shape index (κ3) is 5.36. The number of carbonyl (C=O) groups excluding carboxylic acids is 1. The number of aryl methyl sites for hydroxylation is 1. The summed E-state index contributed by atoms with van der Waals surface area (Å²) >= 11 is 6.43. The predicted octanol–water partition coefficient (Wildman–Crippen LogP) is 4.98. The number of para-hydroxylation sites is 1. The zero-order valence-electron chi connectivity index (χ0n) is 18.9. The van der Waals surface area contributed by atoms with Crippen molar-refractivity contribution in [3.63, 3.8) is 0 Å². The molecule has 0 amide bonds. The molecule has 1 saturated heterocycles. The summed E-state index contributed by atoms with van der Waals surface area (Å²) in [5.41, 5.74) is 4.57. The molecule has 172 valence electrons. The summed E-state index contributed by atoms with van der Waals surface area (Å²) < 4.78 is 12.3. The molecule has 4 aromatic rings. The molecular weight excluding hydrogens is 438 g/mol. The van der Waals surface area contributed by atoms with Crippen molar-refractivity contribution in [3.05, 3.63) is 76.6 Å². The summed E-state index contributed by atoms with van der Waals surface area (Å²) in [6.45, 7) is 8.63. The van der Waals surface area contributed by atoms with Gasteiger partial charge in [-0.05, 0) is 37.6 Å². The molecule has 1 aliphatic heterocycles. The number of ether oxygens (including phenoxy) is 2. The molecular formula is C26H28ClN3O3. The number of nitrogens with one attached hydrogen (secondary N) is 1. The average Bonchev–Trinajstić information content (AvgIpc) is 3.16. The lowest BCUT2D eigenvalue weighted by Crippen LogP contribution is -2.30. The van der Waals surface area contributed by atoms with Crippen molar-refractivity contribution < 1.29 is 14.3 Å². The molecule has 5 rings (SSSR count). The third-order valence-corrected chi connectivity index (χ3v) is 5.89. The summed E-state index contributed by atoms with van der Waals surface area (Å²) in [4.78, 5) is 16.4. The molecule has 33 heavy (non-hydrogen) atoms. The fourth-order valence-electron chi connectivity index (χ4n) is 3.94. The monoisotopic (exact) mass is 465 g/mol. The van der Waals surface area contributed by atoms with E-state index < -0.39 is 5.97 Å². The van der Waals surface area contributed by atoms with Crippen molar-refractivity contribution in [3.8, 4) is 0 Å². The maximum absolute atomic E-state index is 12.1. The van der Waals surface area contributed by atoms with Gasteiger partial charge >= 0.3 is 5.97 Å². The fraction of sp³-hybridized carbons (Fsp3) is 0.308. The normalized spacial score (nSPS) is 13.5. The van der Waals surface area contributed by atoms with Crippen molar-refractivity contribution in [2.45, 2.75) is 20.4 Å². The number of aromatic nitrogens is 2. The summed E-state index contributed by atoms with van der Waals surface area (Å²) in [6.07, 6.45) is 1.74. The van der Waals surface area contributed by atoms with Crippen LogP contribution in [0.5, 0.6) is 0 Å². The number of nitrogens with zero attached hydrogens (tertiary/aromatic N) is 2. The molecule has 1 aliphatic rings. The largest absolute Gasteiger partial charge is 0.461 e. The van der Waals surface area contributed by atoms with Gasteiger partial charge in [-0.15, -0.1) is 0 Å². The van der Waals surface area contributed by atoms with E-state index in [1.165, 1.54) is 0 Å². The highest BCUT2D eigenvalue weighted by Crippen LogP contribution is 2.31. The van der Waals surface area contributed by atoms with Gasteiger partial charge < -0.3 is 19.4 Å². The maximum atomic E-state index is 12.1. The van der Waals surface area contributed by atoms with Crippen LogP contribution in [-0.4, -0.2) is 48.4 Å². The van der Waals surface area contributed by atoms with E-state index >= 15 is 0 Å². The molecule has 6 nitrogen and oxygen atoms in total. The Kier molecular flexibility index (Phi) is 7.60. The second-order valence-corrected chi connectivity index (χ2v) is 8.27. The Labute approximate surface area is 198 Å². The Hall–Kier alpha value is -2.93. The van der Waals surface area contributed by atoms with Crippen LogP contribution in [0.4, 0.5) is 0 Å². The molecule has 0 aliphatic carbocycles. The van der Waals surface area contributed by atoms with Crippen molar-refractivity contribution >= 4 is 39.4 Å². The molecule has 1 fully saturated rings. The van der Waals surface area contributed by atoms with Crippen LogP contribution >= 0.6 is 11.6 Å². The van der Waals surface area contributed by atoms with Crippen LogP contribution in [0, 0.1) is 6.92 Å². The van der Waals surface area contributed by atoms with Gasteiger partial charge in [-0.2, -0.15) is 0 Å². The molecule has 2 aromatic carbocycles. The van der Waals surface area contributed by atoms with Gasteiger partial charge in [0.2, 0.25) is 0 Å². The number of rotatable bonds is 4. The van der Waals surface area contributed by atoms with E-state index in [9.17, 15) is 4.79 Å². The first-order chi connectivity index (χ1) is 16.1. The van der Waals surface area contributed by atoms with Crippen molar-refractivity contribution in [2.24, 2.45) is 0 Å². The first kappa shape index (κ1) is 23.2. The zero-order valence-corrected chi connectivity index (χ0v) is 19.7. The average molecular weight is 466 g/mol. The summed E-state index contributed by atoms with van der Waals surface area (Å²) in [7, 11) is 0. The zero-order chi connectivity index (χ0) is 23.2. The van der Waals surface area contributed by atoms with Gasteiger partial charge in [0.05, 0.1) is 31.5 Å². The van der Waals surface area contributed by atoms with Crippen LogP contribution in [0.15, 0.2) is 54.7 Å². The molecule has 0 saturated carbocycles. The predicted molar refractivity (Wildman–Crippen MR) is 132 cm³/mol. The molecule has 3 heterocycles. The second-order valence-electron chi connectivity index (χ2n) is 7.87. The van der Waals surface area contributed by atoms with Gasteiger partial charge in [-0.3, -0.25) is 0 Å². The van der Waals surface area contributed by atoms with Crippen LogP contribution in [0.3, 0.4) is 0 Å². The second kappa shape index (κ2) is 10.8. The van der Waals surface area contributed by atoms with Crippen LogP contribution in [0.25, 0.3) is 21.8 Å². The Bertz CT molecular complexity index is 1250. The molecule has 0 unspecified atom stereocenters. The molecule has 0 spiro atoms. The third-order valence-electron chi connectivity index (χ3n) is 5.52. The van der Waals surface area contributed by atoms with E-state index in [1.54, 1.807) is 13.1 Å². The number of fused-ring (bicyclic) bond motifs is 3. The first-order valence-electron chi connectivity index (χ1n) is 11.2. The maximum Gasteiger partial charge on any atom is 0.356 e. The minimum absolute atomic E-state index is 0.320. The van der Waals surface area contributed by atoms with E-state index in [1.807, 2.05) is 30.3 Å². The number of benzene rings is 2. The number of hydrogen-bond acceptors (Lipinski definition) is 5. The van der Waals surface area contributed by atoms with E-state index in [0.29, 0.717) is 18.8 Å². The summed E-state index contributed by atoms with van der Waals surface area (Å²) in [5, 5.41) is 5.95. The fourth-order valence-corrected chi connectivity index (χ4v) is 4.12. The van der Waals surface area contributed by atoms with Gasteiger partial charge in [0, 0.05) is 40.9 Å². The van der Waals surface area contributed by atoms with Crippen molar-refractivity contribution in [1.29, 1.82) is 0 Å². The quantitative estimate of drug-likeness (QED) is 0.430. The van der Waals surface area contributed by atoms with Gasteiger partial charge in [-0.25, -0.2) is 9.78 Å². The number of halogens is 1. The van der Waals surface area contributed by atoms with E-state index in [-0.39, 0.29) is 0 Å². The molecule has 1 N–H and O–H groups in total. The Morgan fingerprint density at radius 3 is 2.61 bits per heavy atom. The SMILES string of the molecule is C1COCCN1.CCOC(=O)c1cc2c3ccccc3n(Cc3cc(C)ccc3Cl)c2cn1. The van der Waals surface area contributed by atoms with Crippen molar-refractivity contribution in [2.75, 3.05) is 32.9 Å². The van der Waals surface area contributed by atoms with E-state index in [0.717, 1.165) is 64.3 Å². The number of hydrogen-bond donors (Lipinski definition) is 1. The minimum atomic E-state index is -0.405. The Morgan fingerprint density at radius 2 is 1.91 bits per heavy atom. The van der Waals surface area contributed by atoms with Crippen LogP contribution in [0.2, 0.25) is 5.02 Å². The first-order valence-corrected chi connectivity index (χ1v) is 11.5. The number of esters is 1. The van der Waals surface area contributed by atoms with E-state index in [2.05, 4.69) is 40.0 Å². The molecule has 7 heteroatoms. The topological polar surface area (TPSA) is 65.4 Å². The van der Waals surface area contributed by atoms with Gasteiger partial charge in [0.1, 0.15) is 5.69 Å². The Balaban J connectivity index is 0.000000376. The highest BCUT2D eigenvalue weighted by molar-refractivity contribution is 6.31. The highest BCUT2D eigenvalue weighted by atomic mass is 35.5. The lowest BCUT2D eigenvalue weighted by molar-refractivity contribution is 0.0519. The lowest BCUT2D eigenvalue weighted by atomic mass is 10.1. The number of morpholine rings is 1. The number of pyridine rings is 1. The van der Waals surface area contributed by atoms with Gasteiger partial charge in [0.15, 0.2) is 0 Å². The molecule has 0 radical (unpaired) electrons. The van der Waals surface area contributed by atoms with E-state index in [4.69, 9.17) is 21.1 Å². The van der Waals surface area contributed by atoms with Crippen LogP contribution in [0.1, 0.15) is 28.5 Å². The lowest BCUT2D eigenvalue weighted by Gasteiger charge is -2.10.